The Morgan fingerprint density at radius 2 is 2.17 bits per heavy atom. The minimum atomic E-state index is 0.435. The fourth-order valence-corrected chi connectivity index (χ4v) is 1.90. The SMILES string of the molecule is Cc1cc(C)n(-c2cccc(C=CCC#N)c2)n1. The number of rotatable bonds is 3. The molecule has 0 unspecified atom stereocenters. The average Bonchev–Trinajstić information content (AvgIpc) is 2.69. The lowest BCUT2D eigenvalue weighted by atomic mass is 10.2. The fourth-order valence-electron chi connectivity index (χ4n) is 1.90. The Morgan fingerprint density at radius 3 is 2.83 bits per heavy atom. The maximum atomic E-state index is 8.50. The van der Waals surface area contributed by atoms with Crippen LogP contribution >= 0.6 is 0 Å². The van der Waals surface area contributed by atoms with Gasteiger partial charge in [-0.05, 0) is 37.6 Å². The van der Waals surface area contributed by atoms with Crippen LogP contribution in [0.2, 0.25) is 0 Å². The van der Waals surface area contributed by atoms with Crippen LogP contribution in [0.5, 0.6) is 0 Å². The Hall–Kier alpha value is -2.34. The van der Waals surface area contributed by atoms with Crippen molar-refractivity contribution in [2.45, 2.75) is 20.3 Å². The van der Waals surface area contributed by atoms with Crippen LogP contribution in [0.1, 0.15) is 23.4 Å². The molecule has 0 atom stereocenters. The van der Waals surface area contributed by atoms with Crippen molar-refractivity contribution in [3.05, 3.63) is 53.4 Å². The third-order valence-electron chi connectivity index (χ3n) is 2.64. The molecule has 0 bridgehead atoms. The van der Waals surface area contributed by atoms with Crippen molar-refractivity contribution in [3.63, 3.8) is 0 Å². The van der Waals surface area contributed by atoms with Gasteiger partial charge in [-0.3, -0.25) is 0 Å². The molecule has 18 heavy (non-hydrogen) atoms. The lowest BCUT2D eigenvalue weighted by Crippen LogP contribution is -1.98. The smallest absolute Gasteiger partial charge is 0.0663 e. The van der Waals surface area contributed by atoms with Crippen molar-refractivity contribution in [1.82, 2.24) is 9.78 Å². The maximum absolute atomic E-state index is 8.50. The van der Waals surface area contributed by atoms with E-state index in [2.05, 4.69) is 23.3 Å². The molecule has 0 aliphatic heterocycles. The molecule has 0 amide bonds. The lowest BCUT2D eigenvalue weighted by molar-refractivity contribution is 0.833. The molecule has 0 aliphatic rings. The van der Waals surface area contributed by atoms with Crippen LogP contribution in [0, 0.1) is 25.2 Å². The average molecular weight is 237 g/mol. The number of aromatic nitrogens is 2. The highest BCUT2D eigenvalue weighted by atomic mass is 15.3. The molecular weight excluding hydrogens is 222 g/mol. The van der Waals surface area contributed by atoms with E-state index in [1.165, 1.54) is 0 Å². The second-order valence-electron chi connectivity index (χ2n) is 4.20. The highest BCUT2D eigenvalue weighted by Gasteiger charge is 2.03. The van der Waals surface area contributed by atoms with E-state index >= 15 is 0 Å². The first-order chi connectivity index (χ1) is 8.70. The Balaban J connectivity index is 2.33. The van der Waals surface area contributed by atoms with Crippen molar-refractivity contribution < 1.29 is 0 Å². The number of nitriles is 1. The summed E-state index contributed by atoms with van der Waals surface area (Å²) in [6, 6.07) is 12.3. The third-order valence-corrected chi connectivity index (χ3v) is 2.64. The number of allylic oxidation sites excluding steroid dienone is 1. The van der Waals surface area contributed by atoms with E-state index in [0.29, 0.717) is 6.42 Å². The van der Waals surface area contributed by atoms with Crippen LogP contribution in [0.3, 0.4) is 0 Å². The molecule has 1 aromatic heterocycles. The minimum absolute atomic E-state index is 0.435. The zero-order chi connectivity index (χ0) is 13.0. The van der Waals surface area contributed by atoms with Crippen LogP contribution in [-0.4, -0.2) is 9.78 Å². The number of nitrogens with zero attached hydrogens (tertiary/aromatic N) is 3. The molecule has 0 saturated carbocycles. The van der Waals surface area contributed by atoms with Crippen LogP contribution in [0.15, 0.2) is 36.4 Å². The second kappa shape index (κ2) is 5.33. The van der Waals surface area contributed by atoms with Crippen LogP contribution in [0.25, 0.3) is 11.8 Å². The van der Waals surface area contributed by atoms with Gasteiger partial charge in [0, 0.05) is 5.69 Å². The van der Waals surface area contributed by atoms with E-state index in [1.54, 1.807) is 0 Å². The van der Waals surface area contributed by atoms with Crippen molar-refractivity contribution in [3.8, 4) is 11.8 Å². The lowest BCUT2D eigenvalue weighted by Gasteiger charge is -2.05. The van der Waals surface area contributed by atoms with E-state index in [0.717, 1.165) is 22.6 Å². The Morgan fingerprint density at radius 1 is 1.33 bits per heavy atom. The second-order valence-corrected chi connectivity index (χ2v) is 4.20. The monoisotopic (exact) mass is 237 g/mol. The Kier molecular flexibility index (Phi) is 3.59. The van der Waals surface area contributed by atoms with Gasteiger partial charge in [0.25, 0.3) is 0 Å². The maximum Gasteiger partial charge on any atom is 0.0663 e. The molecule has 2 rings (SSSR count). The van der Waals surface area contributed by atoms with Gasteiger partial charge in [-0.15, -0.1) is 0 Å². The Labute approximate surface area is 107 Å². The summed E-state index contributed by atoms with van der Waals surface area (Å²) in [5.41, 5.74) is 4.25. The van der Waals surface area contributed by atoms with Crippen molar-refractivity contribution in [1.29, 1.82) is 5.26 Å². The first-order valence-electron chi connectivity index (χ1n) is 5.88. The zero-order valence-corrected chi connectivity index (χ0v) is 10.6. The van der Waals surface area contributed by atoms with Crippen molar-refractivity contribution in [2.24, 2.45) is 0 Å². The summed E-state index contributed by atoms with van der Waals surface area (Å²) < 4.78 is 1.93. The summed E-state index contributed by atoms with van der Waals surface area (Å²) in [4.78, 5) is 0. The van der Waals surface area contributed by atoms with Gasteiger partial charge in [-0.25, -0.2) is 4.68 Å². The number of hydrogen-bond acceptors (Lipinski definition) is 2. The molecule has 3 heteroatoms. The molecule has 0 spiro atoms. The summed E-state index contributed by atoms with van der Waals surface area (Å²) >= 11 is 0. The van der Waals surface area contributed by atoms with Gasteiger partial charge in [0.2, 0.25) is 0 Å². The summed E-state index contributed by atoms with van der Waals surface area (Å²) in [6.07, 6.45) is 4.25. The molecule has 3 nitrogen and oxygen atoms in total. The number of benzene rings is 1. The van der Waals surface area contributed by atoms with Crippen LogP contribution in [0.4, 0.5) is 0 Å². The van der Waals surface area contributed by atoms with Gasteiger partial charge in [0.1, 0.15) is 0 Å². The predicted molar refractivity (Wildman–Crippen MR) is 72.3 cm³/mol. The molecule has 90 valence electrons. The van der Waals surface area contributed by atoms with E-state index in [4.69, 9.17) is 5.26 Å². The minimum Gasteiger partial charge on any atom is -0.238 e. The fraction of sp³-hybridized carbons (Fsp3) is 0.200. The summed E-state index contributed by atoms with van der Waals surface area (Å²) in [7, 11) is 0. The molecule has 0 fully saturated rings. The van der Waals surface area contributed by atoms with Gasteiger partial charge >= 0.3 is 0 Å². The molecular formula is C15H15N3. The molecule has 2 aromatic rings. The number of hydrogen-bond donors (Lipinski definition) is 0. The van der Waals surface area contributed by atoms with E-state index in [1.807, 2.05) is 48.9 Å². The molecule has 0 aliphatic carbocycles. The standard InChI is InChI=1S/C15H15N3/c1-12-10-13(2)18(17-12)15-8-5-7-14(11-15)6-3-4-9-16/h3,5-8,10-11H,4H2,1-2H3. The van der Waals surface area contributed by atoms with E-state index in [-0.39, 0.29) is 0 Å². The van der Waals surface area contributed by atoms with Gasteiger partial charge in [-0.2, -0.15) is 10.4 Å². The van der Waals surface area contributed by atoms with E-state index in [9.17, 15) is 0 Å². The quantitative estimate of drug-likeness (QED) is 0.820. The van der Waals surface area contributed by atoms with Gasteiger partial charge in [0.15, 0.2) is 0 Å². The number of aryl methyl sites for hydroxylation is 2. The van der Waals surface area contributed by atoms with E-state index < -0.39 is 0 Å². The molecule has 0 saturated heterocycles. The molecule has 0 radical (unpaired) electrons. The highest BCUT2D eigenvalue weighted by Crippen LogP contribution is 2.14. The van der Waals surface area contributed by atoms with Crippen LogP contribution < -0.4 is 0 Å². The Bertz CT molecular complexity index is 615. The zero-order valence-electron chi connectivity index (χ0n) is 10.6. The normalized spacial score (nSPS) is 10.7. The van der Waals surface area contributed by atoms with Crippen LogP contribution in [-0.2, 0) is 0 Å². The topological polar surface area (TPSA) is 41.6 Å². The molecule has 1 heterocycles. The molecule has 1 aromatic carbocycles. The highest BCUT2D eigenvalue weighted by molar-refractivity contribution is 5.53. The third kappa shape index (κ3) is 2.67. The summed E-state index contributed by atoms with van der Waals surface area (Å²) in [5.74, 6) is 0. The largest absolute Gasteiger partial charge is 0.238 e. The predicted octanol–water partition coefficient (Wildman–Crippen LogP) is 3.42. The molecule has 0 N–H and O–H groups in total. The summed E-state index contributed by atoms with van der Waals surface area (Å²) in [6.45, 7) is 4.03. The first kappa shape index (κ1) is 12.1. The van der Waals surface area contributed by atoms with Gasteiger partial charge < -0.3 is 0 Å². The van der Waals surface area contributed by atoms with Gasteiger partial charge in [-0.1, -0.05) is 24.3 Å². The van der Waals surface area contributed by atoms with Gasteiger partial charge in [0.05, 0.1) is 23.9 Å². The summed E-state index contributed by atoms with van der Waals surface area (Å²) in [5, 5.41) is 13.0. The first-order valence-corrected chi connectivity index (χ1v) is 5.88. The van der Waals surface area contributed by atoms with Crippen molar-refractivity contribution in [2.75, 3.05) is 0 Å². The van der Waals surface area contributed by atoms with Crippen molar-refractivity contribution >= 4 is 6.08 Å².